The lowest BCUT2D eigenvalue weighted by Crippen LogP contribution is -2.08. The van der Waals surface area contributed by atoms with Gasteiger partial charge in [0.1, 0.15) is 5.69 Å². The number of aromatic nitrogens is 1. The second-order valence-corrected chi connectivity index (χ2v) is 4.01. The summed E-state index contributed by atoms with van der Waals surface area (Å²) in [6.07, 6.45) is -4.70. The van der Waals surface area contributed by atoms with Gasteiger partial charge in [-0.05, 0) is 23.8 Å². The van der Waals surface area contributed by atoms with Gasteiger partial charge in [-0.3, -0.25) is 0 Å². The minimum atomic E-state index is -4.70. The largest absolute Gasteiger partial charge is 0.433 e. The average Bonchev–Trinajstić information content (AvgIpc) is 2.42. The predicted octanol–water partition coefficient (Wildman–Crippen LogP) is 3.66. The summed E-state index contributed by atoms with van der Waals surface area (Å²) in [4.78, 5) is 3.13. The smallest absolute Gasteiger partial charge is 0.433 e. The molecule has 8 heteroatoms. The van der Waals surface area contributed by atoms with Crippen molar-refractivity contribution in [3.63, 3.8) is 0 Å². The van der Waals surface area contributed by atoms with Gasteiger partial charge in [0.05, 0.1) is 6.61 Å². The van der Waals surface area contributed by atoms with Crippen LogP contribution < -0.4 is 4.74 Å². The molecule has 0 saturated carbocycles. The number of pyridine rings is 1. The van der Waals surface area contributed by atoms with E-state index in [1.54, 1.807) is 0 Å². The maximum absolute atomic E-state index is 13.6. The third-order valence-electron chi connectivity index (χ3n) is 2.46. The fourth-order valence-corrected chi connectivity index (χ4v) is 1.54. The van der Waals surface area contributed by atoms with Crippen LogP contribution in [0, 0.1) is 11.6 Å². The Morgan fingerprint density at radius 2 is 1.71 bits per heavy atom. The van der Waals surface area contributed by atoms with Crippen LogP contribution in [0.2, 0.25) is 0 Å². The maximum Gasteiger partial charge on any atom is 0.433 e. The molecular weight excluding hydrogens is 297 g/mol. The van der Waals surface area contributed by atoms with E-state index in [4.69, 9.17) is 9.84 Å². The molecule has 0 atom stereocenters. The Bertz CT molecular complexity index is 634. The van der Waals surface area contributed by atoms with E-state index < -0.39 is 41.7 Å². The lowest BCUT2D eigenvalue weighted by molar-refractivity contribution is -0.141. The summed E-state index contributed by atoms with van der Waals surface area (Å²) in [6, 6.07) is 4.36. The number of aliphatic hydroxyl groups excluding tert-OH is 1. The first-order valence-electron chi connectivity index (χ1n) is 5.62. The van der Waals surface area contributed by atoms with E-state index in [2.05, 4.69) is 4.98 Å². The van der Waals surface area contributed by atoms with E-state index in [1.165, 1.54) is 0 Å². The van der Waals surface area contributed by atoms with Crippen LogP contribution in [0.25, 0.3) is 0 Å². The van der Waals surface area contributed by atoms with Crippen LogP contribution >= 0.6 is 0 Å². The molecule has 21 heavy (non-hydrogen) atoms. The van der Waals surface area contributed by atoms with Gasteiger partial charge in [-0.1, -0.05) is 6.07 Å². The van der Waals surface area contributed by atoms with Crippen molar-refractivity contribution >= 4 is 0 Å². The molecule has 1 aromatic carbocycles. The zero-order valence-corrected chi connectivity index (χ0v) is 10.3. The summed E-state index contributed by atoms with van der Waals surface area (Å²) in [5.74, 6) is -3.80. The molecule has 0 radical (unpaired) electrons. The van der Waals surface area contributed by atoms with Crippen LogP contribution in [0.15, 0.2) is 30.3 Å². The zero-order chi connectivity index (χ0) is 15.6. The van der Waals surface area contributed by atoms with E-state index in [0.29, 0.717) is 6.07 Å². The molecule has 0 unspecified atom stereocenters. The summed E-state index contributed by atoms with van der Waals surface area (Å²) in [6.45, 7) is -0.587. The number of aliphatic hydroxyl groups is 1. The molecule has 3 nitrogen and oxygen atoms in total. The number of benzene rings is 1. The Morgan fingerprint density at radius 1 is 1.10 bits per heavy atom. The minimum Gasteiger partial charge on any atom is -0.433 e. The van der Waals surface area contributed by atoms with E-state index >= 15 is 0 Å². The summed E-state index contributed by atoms with van der Waals surface area (Å²) in [7, 11) is 0. The topological polar surface area (TPSA) is 42.4 Å². The van der Waals surface area contributed by atoms with Gasteiger partial charge in [0.2, 0.25) is 11.6 Å². The van der Waals surface area contributed by atoms with Crippen molar-refractivity contribution in [2.24, 2.45) is 0 Å². The molecule has 0 bridgehead atoms. The van der Waals surface area contributed by atoms with E-state index in [0.717, 1.165) is 24.3 Å². The molecule has 0 fully saturated rings. The normalized spacial score (nSPS) is 11.5. The van der Waals surface area contributed by atoms with Crippen molar-refractivity contribution in [2.45, 2.75) is 12.8 Å². The van der Waals surface area contributed by atoms with Gasteiger partial charge >= 0.3 is 6.18 Å². The fraction of sp³-hybridized carbons (Fsp3) is 0.154. The second-order valence-electron chi connectivity index (χ2n) is 4.01. The molecule has 0 spiro atoms. The Kier molecular flexibility index (Phi) is 4.08. The third-order valence-corrected chi connectivity index (χ3v) is 2.46. The van der Waals surface area contributed by atoms with Gasteiger partial charge < -0.3 is 9.84 Å². The molecule has 1 heterocycles. The van der Waals surface area contributed by atoms with Gasteiger partial charge in [-0.2, -0.15) is 13.2 Å². The number of nitrogens with zero attached hydrogens (tertiary/aromatic N) is 1. The highest BCUT2D eigenvalue weighted by atomic mass is 19.4. The molecule has 1 aromatic heterocycles. The summed E-state index contributed by atoms with van der Waals surface area (Å²) in [5, 5.41) is 8.78. The Hall–Kier alpha value is -2.22. The van der Waals surface area contributed by atoms with Gasteiger partial charge in [0.15, 0.2) is 11.6 Å². The predicted molar refractivity (Wildman–Crippen MR) is 61.6 cm³/mol. The Labute approximate surface area is 115 Å². The fourth-order valence-electron chi connectivity index (χ4n) is 1.54. The van der Waals surface area contributed by atoms with Crippen molar-refractivity contribution in [2.75, 3.05) is 0 Å². The number of alkyl halides is 3. The lowest BCUT2D eigenvalue weighted by atomic mass is 10.2. The van der Waals surface area contributed by atoms with Crippen LogP contribution in [0.1, 0.15) is 11.3 Å². The molecule has 0 aliphatic heterocycles. The SMILES string of the molecule is OCc1cc(F)c(Oc2cccc(C(F)(F)F)n2)c(F)c1. The summed E-state index contributed by atoms with van der Waals surface area (Å²) in [5.41, 5.74) is -1.28. The first-order chi connectivity index (χ1) is 9.81. The summed E-state index contributed by atoms with van der Waals surface area (Å²) >= 11 is 0. The van der Waals surface area contributed by atoms with Crippen molar-refractivity contribution in [1.29, 1.82) is 0 Å². The van der Waals surface area contributed by atoms with Gasteiger partial charge in [-0.15, -0.1) is 0 Å². The average molecular weight is 305 g/mol. The van der Waals surface area contributed by atoms with Crippen LogP contribution in [-0.4, -0.2) is 10.1 Å². The molecule has 0 aliphatic rings. The third kappa shape index (κ3) is 3.46. The quantitative estimate of drug-likeness (QED) is 0.880. The molecule has 2 rings (SSSR count). The van der Waals surface area contributed by atoms with Crippen molar-refractivity contribution in [3.8, 4) is 11.6 Å². The molecule has 0 aliphatic carbocycles. The lowest BCUT2D eigenvalue weighted by Gasteiger charge is -2.10. The van der Waals surface area contributed by atoms with Gasteiger partial charge in [-0.25, -0.2) is 13.8 Å². The molecule has 2 aromatic rings. The van der Waals surface area contributed by atoms with Crippen molar-refractivity contribution < 1.29 is 31.8 Å². The minimum absolute atomic E-state index is 0.0330. The van der Waals surface area contributed by atoms with Crippen LogP contribution in [0.3, 0.4) is 0 Å². The molecular formula is C13H8F5NO2. The summed E-state index contributed by atoms with van der Waals surface area (Å²) < 4.78 is 69.3. The highest BCUT2D eigenvalue weighted by Gasteiger charge is 2.32. The van der Waals surface area contributed by atoms with Crippen LogP contribution in [0.5, 0.6) is 11.6 Å². The number of halogens is 5. The number of rotatable bonds is 3. The molecule has 0 saturated heterocycles. The molecule has 1 N–H and O–H groups in total. The highest BCUT2D eigenvalue weighted by molar-refractivity contribution is 5.34. The number of ether oxygens (including phenoxy) is 1. The van der Waals surface area contributed by atoms with Gasteiger partial charge in [0, 0.05) is 6.07 Å². The van der Waals surface area contributed by atoms with Crippen LogP contribution in [-0.2, 0) is 12.8 Å². The van der Waals surface area contributed by atoms with E-state index in [9.17, 15) is 22.0 Å². The Morgan fingerprint density at radius 3 is 2.24 bits per heavy atom. The van der Waals surface area contributed by atoms with E-state index in [1.807, 2.05) is 0 Å². The van der Waals surface area contributed by atoms with Crippen molar-refractivity contribution in [1.82, 2.24) is 4.98 Å². The highest BCUT2D eigenvalue weighted by Crippen LogP contribution is 2.31. The van der Waals surface area contributed by atoms with Crippen LogP contribution in [0.4, 0.5) is 22.0 Å². The second kappa shape index (κ2) is 5.65. The number of hydrogen-bond acceptors (Lipinski definition) is 3. The molecule has 112 valence electrons. The first-order valence-corrected chi connectivity index (χ1v) is 5.62. The standard InChI is InChI=1S/C13H8F5NO2/c14-8-4-7(6-20)5-9(15)12(8)21-11-3-1-2-10(19-11)13(16,17)18/h1-5,20H,6H2. The number of hydrogen-bond donors (Lipinski definition) is 1. The first kappa shape index (κ1) is 15.2. The van der Waals surface area contributed by atoms with E-state index in [-0.39, 0.29) is 5.56 Å². The zero-order valence-electron chi connectivity index (χ0n) is 10.3. The maximum atomic E-state index is 13.6. The Balaban J connectivity index is 2.35. The van der Waals surface area contributed by atoms with Crippen molar-refractivity contribution in [3.05, 3.63) is 53.2 Å². The van der Waals surface area contributed by atoms with Gasteiger partial charge in [0.25, 0.3) is 0 Å². The molecule has 0 amide bonds. The monoisotopic (exact) mass is 305 g/mol.